The number of carbonyl (C=O) groups excluding carboxylic acids is 1. The van der Waals surface area contributed by atoms with Crippen LogP contribution in [-0.4, -0.2) is 75.1 Å². The summed E-state index contributed by atoms with van der Waals surface area (Å²) in [7, 11) is 3.46. The van der Waals surface area contributed by atoms with Crippen LogP contribution in [0.15, 0.2) is 29.3 Å². The minimum Gasteiger partial charge on any atom is -0.497 e. The fourth-order valence-corrected chi connectivity index (χ4v) is 4.11. The van der Waals surface area contributed by atoms with E-state index in [1.165, 1.54) is 18.4 Å². The molecule has 29 heavy (non-hydrogen) atoms. The van der Waals surface area contributed by atoms with E-state index in [9.17, 15) is 4.79 Å². The maximum absolute atomic E-state index is 12.5. The Morgan fingerprint density at radius 3 is 2.41 bits per heavy atom. The van der Waals surface area contributed by atoms with Crippen molar-refractivity contribution in [3.8, 4) is 5.75 Å². The summed E-state index contributed by atoms with van der Waals surface area (Å²) in [6.07, 6.45) is 4.61. The number of hydrogen-bond acceptors (Lipinski definition) is 4. The van der Waals surface area contributed by atoms with Crippen molar-refractivity contribution in [2.75, 3.05) is 53.4 Å². The smallest absolute Gasteiger partial charge is 0.225 e. The van der Waals surface area contributed by atoms with E-state index < -0.39 is 0 Å². The third kappa shape index (κ3) is 6.35. The predicted octanol–water partition coefficient (Wildman–Crippen LogP) is 1.69. The van der Waals surface area contributed by atoms with Gasteiger partial charge in [-0.05, 0) is 30.5 Å². The molecule has 2 aliphatic rings. The second-order valence-corrected chi connectivity index (χ2v) is 7.85. The lowest BCUT2D eigenvalue weighted by Crippen LogP contribution is -2.51. The van der Waals surface area contributed by atoms with E-state index in [0.29, 0.717) is 18.4 Å². The molecule has 3 rings (SSSR count). The normalized spacial score (nSPS) is 18.7. The number of piperazine rings is 1. The number of nitrogens with zero attached hydrogens (tertiary/aromatic N) is 3. The Morgan fingerprint density at radius 2 is 1.79 bits per heavy atom. The van der Waals surface area contributed by atoms with E-state index >= 15 is 0 Å². The lowest BCUT2D eigenvalue weighted by atomic mass is 10.1. The zero-order chi connectivity index (χ0) is 20.5. The molecular weight excluding hydrogens is 366 g/mol. The molecule has 1 heterocycles. The molecule has 1 saturated carbocycles. The van der Waals surface area contributed by atoms with Gasteiger partial charge in [-0.1, -0.05) is 25.0 Å². The quantitative estimate of drug-likeness (QED) is 0.538. The average molecular weight is 402 g/mol. The van der Waals surface area contributed by atoms with Gasteiger partial charge in [0.1, 0.15) is 5.75 Å². The summed E-state index contributed by atoms with van der Waals surface area (Å²) in [6, 6.07) is 8.02. The molecule has 0 atom stereocenters. The fourth-order valence-electron chi connectivity index (χ4n) is 4.11. The monoisotopic (exact) mass is 401 g/mol. The van der Waals surface area contributed by atoms with Crippen molar-refractivity contribution in [3.63, 3.8) is 0 Å². The van der Waals surface area contributed by atoms with Crippen LogP contribution in [0.1, 0.15) is 31.2 Å². The molecule has 1 saturated heterocycles. The van der Waals surface area contributed by atoms with Crippen LogP contribution in [0.3, 0.4) is 0 Å². The van der Waals surface area contributed by atoms with Crippen molar-refractivity contribution in [3.05, 3.63) is 29.8 Å². The SMILES string of the molecule is CN=C(NCCN1CCN(C(=O)C2CCCC2)CC1)NCc1ccc(OC)cc1. The van der Waals surface area contributed by atoms with Crippen LogP contribution in [0.4, 0.5) is 0 Å². The van der Waals surface area contributed by atoms with E-state index in [2.05, 4.69) is 25.4 Å². The Hall–Kier alpha value is -2.28. The summed E-state index contributed by atoms with van der Waals surface area (Å²) in [5.74, 6) is 2.35. The van der Waals surface area contributed by atoms with E-state index in [0.717, 1.165) is 63.8 Å². The number of amides is 1. The first kappa shape index (κ1) is 21.4. The van der Waals surface area contributed by atoms with Gasteiger partial charge in [0.05, 0.1) is 7.11 Å². The number of methoxy groups -OCH3 is 1. The molecule has 7 nitrogen and oxygen atoms in total. The zero-order valence-corrected chi connectivity index (χ0v) is 17.8. The standard InChI is InChI=1S/C22H35N5O2/c1-23-22(25-17-18-7-9-20(29-2)10-8-18)24-11-12-26-13-15-27(16-14-26)21(28)19-5-3-4-6-19/h7-10,19H,3-6,11-17H2,1-2H3,(H2,23,24,25). The number of ether oxygens (including phenoxy) is 1. The summed E-state index contributed by atoms with van der Waals surface area (Å²) < 4.78 is 5.19. The molecule has 0 radical (unpaired) electrons. The van der Waals surface area contributed by atoms with Crippen molar-refractivity contribution in [1.82, 2.24) is 20.4 Å². The van der Waals surface area contributed by atoms with Crippen LogP contribution in [0.5, 0.6) is 5.75 Å². The molecule has 1 amide bonds. The highest BCUT2D eigenvalue weighted by Gasteiger charge is 2.29. The van der Waals surface area contributed by atoms with E-state index in [-0.39, 0.29) is 0 Å². The number of hydrogen-bond donors (Lipinski definition) is 2. The van der Waals surface area contributed by atoms with Crippen molar-refractivity contribution in [1.29, 1.82) is 0 Å². The van der Waals surface area contributed by atoms with Crippen LogP contribution >= 0.6 is 0 Å². The van der Waals surface area contributed by atoms with Crippen LogP contribution < -0.4 is 15.4 Å². The molecule has 0 unspecified atom stereocenters. The lowest BCUT2D eigenvalue weighted by molar-refractivity contribution is -0.137. The molecule has 2 N–H and O–H groups in total. The maximum Gasteiger partial charge on any atom is 0.225 e. The summed E-state index contributed by atoms with van der Waals surface area (Å²) in [5.41, 5.74) is 1.18. The molecule has 0 bridgehead atoms. The number of aliphatic imine (C=N–C) groups is 1. The van der Waals surface area contributed by atoms with Gasteiger partial charge in [0, 0.05) is 58.8 Å². The summed E-state index contributed by atoms with van der Waals surface area (Å²) >= 11 is 0. The highest BCUT2D eigenvalue weighted by molar-refractivity contribution is 5.79. The molecule has 1 aliphatic heterocycles. The van der Waals surface area contributed by atoms with Crippen LogP contribution in [0, 0.1) is 5.92 Å². The van der Waals surface area contributed by atoms with Crippen LogP contribution in [0.25, 0.3) is 0 Å². The van der Waals surface area contributed by atoms with Gasteiger partial charge in [0.2, 0.25) is 5.91 Å². The lowest BCUT2D eigenvalue weighted by Gasteiger charge is -2.36. The number of rotatable bonds is 7. The van der Waals surface area contributed by atoms with Gasteiger partial charge in [-0.25, -0.2) is 0 Å². The van der Waals surface area contributed by atoms with Crippen LogP contribution in [0.2, 0.25) is 0 Å². The van der Waals surface area contributed by atoms with Crippen LogP contribution in [-0.2, 0) is 11.3 Å². The van der Waals surface area contributed by atoms with Gasteiger partial charge in [-0.2, -0.15) is 0 Å². The third-order valence-electron chi connectivity index (χ3n) is 5.95. The molecular formula is C22H35N5O2. The van der Waals surface area contributed by atoms with Crippen molar-refractivity contribution in [2.45, 2.75) is 32.2 Å². The Morgan fingerprint density at radius 1 is 1.10 bits per heavy atom. The van der Waals surface area contributed by atoms with Gasteiger partial charge in [0.25, 0.3) is 0 Å². The molecule has 2 fully saturated rings. The molecule has 1 aromatic rings. The summed E-state index contributed by atoms with van der Waals surface area (Å²) in [5, 5.41) is 6.72. The molecule has 0 aromatic heterocycles. The number of nitrogens with one attached hydrogen (secondary N) is 2. The minimum absolute atomic E-state index is 0.295. The van der Waals surface area contributed by atoms with Crippen molar-refractivity contribution in [2.24, 2.45) is 10.9 Å². The van der Waals surface area contributed by atoms with Gasteiger partial charge in [0.15, 0.2) is 5.96 Å². The Kier molecular flexibility index (Phi) is 8.16. The van der Waals surface area contributed by atoms with Gasteiger partial charge in [-0.15, -0.1) is 0 Å². The topological polar surface area (TPSA) is 69.2 Å². The minimum atomic E-state index is 0.295. The number of benzene rings is 1. The number of carbonyl (C=O) groups is 1. The Bertz CT molecular complexity index is 662. The Balaban J connectivity index is 1.32. The first-order chi connectivity index (χ1) is 14.2. The highest BCUT2D eigenvalue weighted by Crippen LogP contribution is 2.26. The molecule has 7 heteroatoms. The number of guanidine groups is 1. The fraction of sp³-hybridized carbons (Fsp3) is 0.636. The van der Waals surface area contributed by atoms with Crippen molar-refractivity contribution >= 4 is 11.9 Å². The second kappa shape index (κ2) is 11.0. The Labute approximate surface area is 174 Å². The largest absolute Gasteiger partial charge is 0.497 e. The first-order valence-corrected chi connectivity index (χ1v) is 10.8. The average Bonchev–Trinajstić information content (AvgIpc) is 3.31. The van der Waals surface area contributed by atoms with Gasteiger partial charge in [-0.3, -0.25) is 14.7 Å². The zero-order valence-electron chi connectivity index (χ0n) is 17.8. The molecule has 0 spiro atoms. The highest BCUT2D eigenvalue weighted by atomic mass is 16.5. The first-order valence-electron chi connectivity index (χ1n) is 10.8. The summed E-state index contributed by atoms with van der Waals surface area (Å²) in [6.45, 7) is 6.13. The summed E-state index contributed by atoms with van der Waals surface area (Å²) in [4.78, 5) is 21.3. The third-order valence-corrected chi connectivity index (χ3v) is 5.95. The molecule has 1 aromatic carbocycles. The van der Waals surface area contributed by atoms with Crippen molar-refractivity contribution < 1.29 is 9.53 Å². The van der Waals surface area contributed by atoms with E-state index in [4.69, 9.17) is 4.74 Å². The van der Waals surface area contributed by atoms with E-state index in [1.54, 1.807) is 14.2 Å². The maximum atomic E-state index is 12.5. The van der Waals surface area contributed by atoms with E-state index in [1.807, 2.05) is 24.3 Å². The second-order valence-electron chi connectivity index (χ2n) is 7.85. The van der Waals surface area contributed by atoms with Gasteiger partial charge >= 0.3 is 0 Å². The molecule has 1 aliphatic carbocycles. The molecule has 160 valence electrons. The van der Waals surface area contributed by atoms with Gasteiger partial charge < -0.3 is 20.3 Å². The predicted molar refractivity (Wildman–Crippen MR) is 116 cm³/mol.